The third-order valence-corrected chi connectivity index (χ3v) is 4.04. The number of hydrogen-bond acceptors (Lipinski definition) is 9. The van der Waals surface area contributed by atoms with E-state index in [9.17, 15) is 9.59 Å². The molecule has 0 atom stereocenters. The van der Waals surface area contributed by atoms with Crippen LogP contribution in [0.3, 0.4) is 0 Å². The molecule has 1 aromatic rings. The Labute approximate surface area is 154 Å². The predicted octanol–water partition coefficient (Wildman–Crippen LogP) is 1.32. The molecule has 0 radical (unpaired) electrons. The van der Waals surface area contributed by atoms with Crippen LogP contribution < -0.4 is 19.5 Å². The van der Waals surface area contributed by atoms with Crippen molar-refractivity contribution in [2.24, 2.45) is 10.2 Å². The lowest BCUT2D eigenvalue weighted by Gasteiger charge is -2.12. The van der Waals surface area contributed by atoms with Gasteiger partial charge in [0.1, 0.15) is 0 Å². The van der Waals surface area contributed by atoms with Gasteiger partial charge in [-0.25, -0.2) is 4.79 Å². The Morgan fingerprint density at radius 1 is 1.12 bits per heavy atom. The van der Waals surface area contributed by atoms with Gasteiger partial charge in [-0.1, -0.05) is 0 Å². The third-order valence-electron chi connectivity index (χ3n) is 3.14. The van der Waals surface area contributed by atoms with Crippen molar-refractivity contribution in [2.45, 2.75) is 0 Å². The fourth-order valence-electron chi connectivity index (χ4n) is 1.96. The first-order chi connectivity index (χ1) is 12.5. The standard InChI is InChI=1S/C16H17N3O6S/c1-22-10-5-9(6-11(23-2)14(10)25-4)8-17-19-16-18-15(21)12(26-16)7-13(20)24-3/h5-8H,1-4H3,(H,18,19,21)/b12-7-,17-8?. The molecule has 26 heavy (non-hydrogen) atoms. The van der Waals surface area contributed by atoms with Crippen LogP contribution in [0.25, 0.3) is 0 Å². The van der Waals surface area contributed by atoms with Crippen molar-refractivity contribution in [2.75, 3.05) is 28.4 Å². The van der Waals surface area contributed by atoms with Crippen molar-refractivity contribution in [3.63, 3.8) is 0 Å². The number of carbonyl (C=O) groups excluding carboxylic acids is 2. The predicted molar refractivity (Wildman–Crippen MR) is 97.0 cm³/mol. The topological polar surface area (TPSA) is 108 Å². The van der Waals surface area contributed by atoms with E-state index in [1.807, 2.05) is 0 Å². The van der Waals surface area contributed by atoms with Crippen LogP contribution >= 0.6 is 11.8 Å². The number of ether oxygens (including phenoxy) is 4. The number of esters is 1. The van der Waals surface area contributed by atoms with Crippen molar-refractivity contribution in [3.05, 3.63) is 28.7 Å². The van der Waals surface area contributed by atoms with Gasteiger partial charge in [-0.2, -0.15) is 5.10 Å². The molecule has 1 fully saturated rings. The summed E-state index contributed by atoms with van der Waals surface area (Å²) in [6.45, 7) is 0. The second kappa shape index (κ2) is 8.90. The molecule has 1 aliphatic heterocycles. The van der Waals surface area contributed by atoms with Crippen LogP contribution in [0.5, 0.6) is 17.2 Å². The van der Waals surface area contributed by atoms with Crippen molar-refractivity contribution >= 4 is 35.0 Å². The quantitative estimate of drug-likeness (QED) is 0.344. The minimum atomic E-state index is -0.621. The molecule has 0 aliphatic carbocycles. The molecule has 0 bridgehead atoms. The van der Waals surface area contributed by atoms with Crippen molar-refractivity contribution in [1.29, 1.82) is 0 Å². The van der Waals surface area contributed by atoms with Crippen molar-refractivity contribution < 1.29 is 28.5 Å². The normalized spacial score (nSPS) is 16.8. The second-order valence-corrected chi connectivity index (χ2v) is 5.73. The van der Waals surface area contributed by atoms with Gasteiger partial charge in [-0.15, -0.1) is 5.10 Å². The molecule has 9 nitrogen and oxygen atoms in total. The molecule has 0 aromatic heterocycles. The number of rotatable bonds is 6. The monoisotopic (exact) mass is 379 g/mol. The fourth-order valence-corrected chi connectivity index (χ4v) is 2.70. The number of nitrogens with zero attached hydrogens (tertiary/aromatic N) is 2. The second-order valence-electron chi connectivity index (χ2n) is 4.70. The van der Waals surface area contributed by atoms with E-state index in [0.29, 0.717) is 22.8 Å². The van der Waals surface area contributed by atoms with Crippen molar-refractivity contribution in [3.8, 4) is 17.2 Å². The maximum atomic E-state index is 11.7. The average Bonchev–Trinajstić information content (AvgIpc) is 2.99. The highest BCUT2D eigenvalue weighted by Crippen LogP contribution is 2.37. The first-order valence-corrected chi connectivity index (χ1v) is 8.04. The SMILES string of the molecule is COC(=O)/C=C1\SC(=NN=Cc2cc(OC)c(OC)c(OC)c2)NC1=O. The Balaban J connectivity index is 2.18. The summed E-state index contributed by atoms with van der Waals surface area (Å²) in [6.07, 6.45) is 2.55. The van der Waals surface area contributed by atoms with Crippen molar-refractivity contribution in [1.82, 2.24) is 5.32 Å². The molecule has 1 heterocycles. The van der Waals surface area contributed by atoms with E-state index < -0.39 is 11.9 Å². The van der Waals surface area contributed by atoms with Crippen LogP contribution in [0, 0.1) is 0 Å². The molecular weight excluding hydrogens is 362 g/mol. The van der Waals surface area contributed by atoms with Gasteiger partial charge in [0.2, 0.25) is 5.75 Å². The maximum Gasteiger partial charge on any atom is 0.331 e. The first-order valence-electron chi connectivity index (χ1n) is 7.22. The summed E-state index contributed by atoms with van der Waals surface area (Å²) in [6, 6.07) is 3.40. The van der Waals surface area contributed by atoms with Gasteiger partial charge in [0, 0.05) is 11.6 Å². The van der Waals surface area contributed by atoms with Crippen LogP contribution in [0.1, 0.15) is 5.56 Å². The number of benzene rings is 1. The summed E-state index contributed by atoms with van der Waals surface area (Å²) in [7, 11) is 5.77. The van der Waals surface area contributed by atoms with Gasteiger partial charge < -0.3 is 18.9 Å². The van der Waals surface area contributed by atoms with E-state index in [4.69, 9.17) is 14.2 Å². The van der Waals surface area contributed by atoms with Gasteiger partial charge in [0.05, 0.1) is 39.6 Å². The summed E-state index contributed by atoms with van der Waals surface area (Å²) in [4.78, 5) is 23.1. The maximum absolute atomic E-state index is 11.7. The number of amidine groups is 1. The van der Waals surface area contributed by atoms with E-state index in [0.717, 1.165) is 17.8 Å². The molecule has 138 valence electrons. The zero-order valence-corrected chi connectivity index (χ0v) is 15.4. The Morgan fingerprint density at radius 2 is 1.77 bits per heavy atom. The van der Waals surface area contributed by atoms with Crippen LogP contribution in [0.15, 0.2) is 33.3 Å². The van der Waals surface area contributed by atoms with Gasteiger partial charge >= 0.3 is 5.97 Å². The number of amides is 1. The highest BCUT2D eigenvalue weighted by Gasteiger charge is 2.25. The van der Waals surface area contributed by atoms with Crippen LogP contribution in [0.2, 0.25) is 0 Å². The Bertz CT molecular complexity index is 778. The molecule has 1 N–H and O–H groups in total. The Hall–Kier alpha value is -3.01. The zero-order valence-electron chi connectivity index (χ0n) is 14.6. The largest absolute Gasteiger partial charge is 0.493 e. The zero-order chi connectivity index (χ0) is 19.1. The third kappa shape index (κ3) is 4.54. The molecule has 0 unspecified atom stereocenters. The van der Waals surface area contributed by atoms with E-state index in [-0.39, 0.29) is 10.1 Å². The lowest BCUT2D eigenvalue weighted by molar-refractivity contribution is -0.135. The highest BCUT2D eigenvalue weighted by atomic mass is 32.2. The fraction of sp³-hybridized carbons (Fsp3) is 0.250. The lowest BCUT2D eigenvalue weighted by atomic mass is 10.2. The summed E-state index contributed by atoms with van der Waals surface area (Å²) in [5, 5.41) is 10.6. The van der Waals surface area contributed by atoms with Gasteiger partial charge in [0.25, 0.3) is 5.91 Å². The molecule has 1 aliphatic rings. The summed E-state index contributed by atoms with van der Waals surface area (Å²) >= 11 is 0.985. The van der Waals surface area contributed by atoms with Crippen LogP contribution in [0.4, 0.5) is 0 Å². The Kier molecular flexibility index (Phi) is 6.61. The minimum absolute atomic E-state index is 0.179. The van der Waals surface area contributed by atoms with Crippen LogP contribution in [-0.2, 0) is 14.3 Å². The number of methoxy groups -OCH3 is 4. The van der Waals surface area contributed by atoms with E-state index in [1.165, 1.54) is 34.7 Å². The molecular formula is C16H17N3O6S. The van der Waals surface area contributed by atoms with Gasteiger partial charge in [-0.05, 0) is 23.9 Å². The van der Waals surface area contributed by atoms with Crippen LogP contribution in [-0.4, -0.2) is 51.7 Å². The smallest absolute Gasteiger partial charge is 0.331 e. The highest BCUT2D eigenvalue weighted by molar-refractivity contribution is 8.18. The summed E-state index contributed by atoms with van der Waals surface area (Å²) in [5.74, 6) is 0.363. The molecule has 0 saturated carbocycles. The van der Waals surface area contributed by atoms with E-state index in [1.54, 1.807) is 12.1 Å². The lowest BCUT2D eigenvalue weighted by Crippen LogP contribution is -2.19. The number of carbonyl (C=O) groups is 2. The molecule has 1 amide bonds. The molecule has 1 aromatic carbocycles. The molecule has 2 rings (SSSR count). The molecule has 10 heteroatoms. The number of nitrogens with one attached hydrogen (secondary N) is 1. The molecule has 1 saturated heterocycles. The average molecular weight is 379 g/mol. The van der Waals surface area contributed by atoms with Gasteiger partial charge in [0.15, 0.2) is 16.7 Å². The number of hydrogen-bond donors (Lipinski definition) is 1. The first kappa shape index (κ1) is 19.3. The number of thioether (sulfide) groups is 1. The van der Waals surface area contributed by atoms with Gasteiger partial charge in [-0.3, -0.25) is 10.1 Å². The summed E-state index contributed by atoms with van der Waals surface area (Å²) in [5.41, 5.74) is 0.656. The minimum Gasteiger partial charge on any atom is -0.493 e. The summed E-state index contributed by atoms with van der Waals surface area (Å²) < 4.78 is 20.3. The van der Waals surface area contributed by atoms with E-state index >= 15 is 0 Å². The Morgan fingerprint density at radius 3 is 2.31 bits per heavy atom. The van der Waals surface area contributed by atoms with E-state index in [2.05, 4.69) is 20.3 Å². The molecule has 0 spiro atoms.